The van der Waals surface area contributed by atoms with Gasteiger partial charge in [-0.3, -0.25) is 14.6 Å². The Bertz CT molecular complexity index is 1820. The first-order valence-electron chi connectivity index (χ1n) is 14.9. The molecule has 0 spiro atoms. The lowest BCUT2D eigenvalue weighted by molar-refractivity contribution is 0.0995. The van der Waals surface area contributed by atoms with Crippen LogP contribution in [0, 0.1) is 17.1 Å². The molecule has 10 heteroatoms. The lowest BCUT2D eigenvalue weighted by atomic mass is 9.96. The highest BCUT2D eigenvalue weighted by Crippen LogP contribution is 2.43. The molecule has 0 unspecified atom stereocenters. The highest BCUT2D eigenvalue weighted by atomic mass is 19.1. The van der Waals surface area contributed by atoms with E-state index in [1.807, 2.05) is 35.9 Å². The van der Waals surface area contributed by atoms with Crippen LogP contribution in [-0.2, 0) is 24.9 Å². The second kappa shape index (κ2) is 10.1. The summed E-state index contributed by atoms with van der Waals surface area (Å²) in [6.45, 7) is 2.42. The molecule has 3 fully saturated rings. The van der Waals surface area contributed by atoms with Gasteiger partial charge in [0.2, 0.25) is 0 Å². The number of nitriles is 1. The fraction of sp³-hybridized carbons (Fsp3) is 0.364. The Morgan fingerprint density at radius 1 is 1.07 bits per heavy atom. The van der Waals surface area contributed by atoms with E-state index in [-0.39, 0.29) is 24.4 Å². The quantitative estimate of drug-likeness (QED) is 0.321. The van der Waals surface area contributed by atoms with Crippen molar-refractivity contribution < 1.29 is 13.9 Å². The molecular weight excluding hydrogens is 545 g/mol. The van der Waals surface area contributed by atoms with Crippen LogP contribution in [-0.4, -0.2) is 55.9 Å². The smallest absolute Gasteiger partial charge is 0.260 e. The maximum atomic E-state index is 15.6. The van der Waals surface area contributed by atoms with Gasteiger partial charge in [0.1, 0.15) is 18.0 Å². The number of rotatable bonds is 6. The molecule has 4 aliphatic rings. The number of nitrogens with zero attached hydrogens (tertiary/aromatic N) is 7. The molecule has 2 saturated heterocycles. The molecule has 2 atom stereocenters. The molecule has 2 aromatic heterocycles. The number of ether oxygens (including phenoxy) is 1. The largest absolute Gasteiger partial charge is 0.376 e. The number of carbonyl (C=O) groups excluding carboxylic acids is 1. The number of anilines is 1. The van der Waals surface area contributed by atoms with Gasteiger partial charge in [0.25, 0.3) is 5.91 Å². The maximum Gasteiger partial charge on any atom is 0.260 e. The number of fused-ring (bicyclic) bond motifs is 2. The molecule has 1 amide bonds. The molecular formula is C33H30FN7O2. The number of aromatic nitrogens is 4. The summed E-state index contributed by atoms with van der Waals surface area (Å²) < 4.78 is 23.2. The molecule has 4 aromatic rings. The van der Waals surface area contributed by atoms with E-state index in [0.717, 1.165) is 66.8 Å². The van der Waals surface area contributed by atoms with Crippen molar-refractivity contribution in [1.29, 1.82) is 5.26 Å². The third-order valence-electron chi connectivity index (χ3n) is 9.29. The zero-order chi connectivity index (χ0) is 29.2. The number of hydrogen-bond acceptors (Lipinski definition) is 7. The van der Waals surface area contributed by atoms with Gasteiger partial charge < -0.3 is 9.30 Å². The lowest BCUT2D eigenvalue weighted by Crippen LogP contribution is -2.31. The number of benzene rings is 2. The summed E-state index contributed by atoms with van der Waals surface area (Å²) in [5.74, 6) is 0.866. The van der Waals surface area contributed by atoms with Crippen molar-refractivity contribution in [2.75, 3.05) is 18.1 Å². The van der Waals surface area contributed by atoms with Crippen LogP contribution >= 0.6 is 0 Å². The Hall–Kier alpha value is -4.46. The average molecular weight is 576 g/mol. The first-order valence-corrected chi connectivity index (χ1v) is 14.9. The van der Waals surface area contributed by atoms with Gasteiger partial charge >= 0.3 is 0 Å². The summed E-state index contributed by atoms with van der Waals surface area (Å²) in [5, 5.41) is 17.9. The minimum absolute atomic E-state index is 0.132. The van der Waals surface area contributed by atoms with Crippen molar-refractivity contribution in [2.45, 2.75) is 56.8 Å². The summed E-state index contributed by atoms with van der Waals surface area (Å²) in [7, 11) is 1.86. The summed E-state index contributed by atoms with van der Waals surface area (Å²) >= 11 is 0. The van der Waals surface area contributed by atoms with Crippen LogP contribution in [0.15, 0.2) is 48.8 Å². The summed E-state index contributed by atoms with van der Waals surface area (Å²) in [6.07, 6.45) is 5.95. The Morgan fingerprint density at radius 2 is 1.95 bits per heavy atom. The number of carbonyl (C=O) groups is 1. The van der Waals surface area contributed by atoms with Crippen LogP contribution in [0.5, 0.6) is 0 Å². The van der Waals surface area contributed by atoms with E-state index in [4.69, 9.17) is 9.72 Å². The van der Waals surface area contributed by atoms with E-state index in [1.54, 1.807) is 23.4 Å². The van der Waals surface area contributed by atoms with Gasteiger partial charge in [-0.25, -0.2) is 9.37 Å². The van der Waals surface area contributed by atoms with Crippen LogP contribution < -0.4 is 4.90 Å². The Balaban J connectivity index is 1.16. The van der Waals surface area contributed by atoms with E-state index >= 15 is 4.39 Å². The van der Waals surface area contributed by atoms with Gasteiger partial charge in [-0.15, -0.1) is 10.2 Å². The molecule has 5 heterocycles. The van der Waals surface area contributed by atoms with Gasteiger partial charge in [-0.05, 0) is 78.8 Å². The standard InChI is InChI=1S/C33H30FN7O2/c1-39-18-36-38-32(39)24-10-19(15-35)2-5-23(24)22-13-28(21-3-4-21)37-31(14-22)41-17-26-25(33(41)42)11-20(12-27(26)34)16-40-8-6-30-29(40)7-9-43-30/h2,5,10-14,18,21,29-30H,3-4,6-9,16-17H2,1H3/t29-,30+/m0/s1. The molecule has 0 bridgehead atoms. The Morgan fingerprint density at radius 3 is 2.74 bits per heavy atom. The topological polar surface area (TPSA) is 100 Å². The second-order valence-electron chi connectivity index (χ2n) is 12.1. The van der Waals surface area contributed by atoms with Crippen LogP contribution in [0.25, 0.3) is 22.5 Å². The molecule has 216 valence electrons. The van der Waals surface area contributed by atoms with Crippen molar-refractivity contribution in [1.82, 2.24) is 24.6 Å². The van der Waals surface area contributed by atoms with E-state index in [1.165, 1.54) is 0 Å². The predicted octanol–water partition coefficient (Wildman–Crippen LogP) is 4.96. The van der Waals surface area contributed by atoms with E-state index in [2.05, 4.69) is 27.2 Å². The Labute approximate surface area is 248 Å². The number of likely N-dealkylation sites (tertiary alicyclic amines) is 1. The Kier molecular flexibility index (Phi) is 6.13. The third-order valence-corrected chi connectivity index (χ3v) is 9.29. The van der Waals surface area contributed by atoms with E-state index in [9.17, 15) is 10.1 Å². The predicted molar refractivity (Wildman–Crippen MR) is 156 cm³/mol. The van der Waals surface area contributed by atoms with Gasteiger partial charge in [0.15, 0.2) is 5.82 Å². The number of aryl methyl sites for hydroxylation is 1. The van der Waals surface area contributed by atoms with Gasteiger partial charge in [0, 0.05) is 61.1 Å². The minimum Gasteiger partial charge on any atom is -0.376 e. The summed E-state index contributed by atoms with van der Waals surface area (Å²) in [5.41, 5.74) is 5.54. The van der Waals surface area contributed by atoms with Gasteiger partial charge in [-0.2, -0.15) is 5.26 Å². The van der Waals surface area contributed by atoms with Crippen molar-refractivity contribution in [2.24, 2.45) is 7.05 Å². The van der Waals surface area contributed by atoms with E-state index in [0.29, 0.717) is 46.8 Å². The average Bonchev–Trinajstić information content (AvgIpc) is 3.26. The fourth-order valence-electron chi connectivity index (χ4n) is 6.91. The highest BCUT2D eigenvalue weighted by molar-refractivity contribution is 6.10. The maximum absolute atomic E-state index is 15.6. The minimum atomic E-state index is -0.350. The van der Waals surface area contributed by atoms with Crippen LogP contribution in [0.2, 0.25) is 0 Å². The normalized spacial score (nSPS) is 21.3. The van der Waals surface area contributed by atoms with Crippen molar-refractivity contribution >= 4 is 11.7 Å². The number of amides is 1. The molecule has 43 heavy (non-hydrogen) atoms. The van der Waals surface area contributed by atoms with Gasteiger partial charge in [-0.1, -0.05) is 6.07 Å². The molecule has 8 rings (SSSR count). The molecule has 0 radical (unpaired) electrons. The summed E-state index contributed by atoms with van der Waals surface area (Å²) in [4.78, 5) is 22.8. The molecule has 3 aliphatic heterocycles. The first-order chi connectivity index (χ1) is 21.0. The van der Waals surface area contributed by atoms with Crippen molar-refractivity contribution in [3.63, 3.8) is 0 Å². The van der Waals surface area contributed by atoms with Gasteiger partial charge in [0.05, 0.1) is 24.3 Å². The number of pyridine rings is 1. The van der Waals surface area contributed by atoms with Crippen molar-refractivity contribution in [3.05, 3.63) is 82.6 Å². The third kappa shape index (κ3) is 4.51. The van der Waals surface area contributed by atoms with E-state index < -0.39 is 0 Å². The van der Waals surface area contributed by atoms with Crippen molar-refractivity contribution in [3.8, 4) is 28.6 Å². The second-order valence-corrected chi connectivity index (χ2v) is 12.1. The molecule has 2 aromatic carbocycles. The number of hydrogen-bond donors (Lipinski definition) is 0. The fourth-order valence-corrected chi connectivity index (χ4v) is 6.91. The zero-order valence-electron chi connectivity index (χ0n) is 23.8. The molecule has 9 nitrogen and oxygen atoms in total. The van der Waals surface area contributed by atoms with Crippen LogP contribution in [0.1, 0.15) is 64.3 Å². The van der Waals surface area contributed by atoms with Crippen LogP contribution in [0.4, 0.5) is 10.2 Å². The molecule has 1 saturated carbocycles. The summed E-state index contributed by atoms with van der Waals surface area (Å²) in [6, 6.07) is 15.5. The zero-order valence-corrected chi connectivity index (χ0v) is 23.8. The SMILES string of the molecule is Cn1cnnc1-c1cc(C#N)ccc1-c1cc(C2CC2)nc(N2Cc3c(F)cc(CN4CC[C@H]5OCC[C@@H]54)cc3C2=O)c1. The lowest BCUT2D eigenvalue weighted by Gasteiger charge is -2.22. The molecule has 0 N–H and O–H groups in total. The number of halogens is 1. The van der Waals surface area contributed by atoms with Crippen LogP contribution in [0.3, 0.4) is 0 Å². The highest BCUT2D eigenvalue weighted by Gasteiger charge is 2.39. The first kappa shape index (κ1) is 26.2. The monoisotopic (exact) mass is 575 g/mol. The molecule has 1 aliphatic carbocycles.